The minimum atomic E-state index is -0.468. The summed E-state index contributed by atoms with van der Waals surface area (Å²) in [5.41, 5.74) is 7.89. The summed E-state index contributed by atoms with van der Waals surface area (Å²) in [6.45, 7) is 6.04. The molecule has 1 aliphatic heterocycles. The number of nitrogens with one attached hydrogen (secondary N) is 1. The van der Waals surface area contributed by atoms with E-state index in [1.807, 2.05) is 32.0 Å². The number of piperidine rings is 1. The number of carbonyl (C=O) groups is 1. The Morgan fingerprint density at radius 3 is 2.50 bits per heavy atom. The zero-order valence-electron chi connectivity index (χ0n) is 12.4. The number of benzene rings is 1. The van der Waals surface area contributed by atoms with Crippen LogP contribution in [0.2, 0.25) is 0 Å². The van der Waals surface area contributed by atoms with E-state index in [0.717, 1.165) is 24.5 Å². The summed E-state index contributed by atoms with van der Waals surface area (Å²) in [4.78, 5) is 14.5. The molecule has 2 rings (SSSR count). The van der Waals surface area contributed by atoms with Gasteiger partial charge in [-0.25, -0.2) is 0 Å². The molecule has 1 fully saturated rings. The van der Waals surface area contributed by atoms with Crippen molar-refractivity contribution in [1.82, 2.24) is 0 Å². The first-order valence-electron chi connectivity index (χ1n) is 7.50. The third-order valence-electron chi connectivity index (χ3n) is 3.88. The normalized spacial score (nSPS) is 17.1. The molecule has 4 nitrogen and oxygen atoms in total. The van der Waals surface area contributed by atoms with Gasteiger partial charge in [-0.15, -0.1) is 0 Å². The first-order valence-corrected chi connectivity index (χ1v) is 7.50. The number of nitrogens with zero attached hydrogens (tertiary/aromatic N) is 1. The zero-order chi connectivity index (χ0) is 14.5. The van der Waals surface area contributed by atoms with Crippen LogP contribution in [0.4, 0.5) is 11.4 Å². The molecule has 1 aliphatic rings. The highest BCUT2D eigenvalue weighted by Crippen LogP contribution is 2.28. The number of rotatable bonds is 4. The number of nitrogens with two attached hydrogens (primary N) is 1. The minimum absolute atomic E-state index is 0.107. The molecule has 0 saturated carbocycles. The molecule has 110 valence electrons. The Bertz CT molecular complexity index is 453. The van der Waals surface area contributed by atoms with E-state index < -0.39 is 6.04 Å². The Morgan fingerprint density at radius 2 is 1.85 bits per heavy atom. The van der Waals surface area contributed by atoms with Crippen LogP contribution in [0.1, 0.15) is 33.1 Å². The molecule has 0 aliphatic carbocycles. The summed E-state index contributed by atoms with van der Waals surface area (Å²) < 4.78 is 0. The van der Waals surface area contributed by atoms with Crippen LogP contribution in [0.3, 0.4) is 0 Å². The third-order valence-corrected chi connectivity index (χ3v) is 3.88. The first-order chi connectivity index (χ1) is 9.59. The van der Waals surface area contributed by atoms with E-state index >= 15 is 0 Å². The predicted octanol–water partition coefficient (Wildman–Crippen LogP) is 2.60. The highest BCUT2D eigenvalue weighted by atomic mass is 16.2. The summed E-state index contributed by atoms with van der Waals surface area (Å²) >= 11 is 0. The summed E-state index contributed by atoms with van der Waals surface area (Å²) in [6.07, 6.45) is 3.73. The summed E-state index contributed by atoms with van der Waals surface area (Å²) in [5, 5.41) is 2.98. The molecule has 0 unspecified atom stereocenters. The molecule has 0 spiro atoms. The summed E-state index contributed by atoms with van der Waals surface area (Å²) in [6, 6.07) is 7.52. The van der Waals surface area contributed by atoms with Crippen LogP contribution in [0, 0.1) is 5.92 Å². The highest BCUT2D eigenvalue weighted by molar-refractivity contribution is 5.97. The van der Waals surface area contributed by atoms with E-state index in [2.05, 4.69) is 16.3 Å². The monoisotopic (exact) mass is 275 g/mol. The van der Waals surface area contributed by atoms with E-state index in [0.29, 0.717) is 0 Å². The quantitative estimate of drug-likeness (QED) is 0.888. The molecule has 3 N–H and O–H groups in total. The summed E-state index contributed by atoms with van der Waals surface area (Å²) in [5.74, 6) is 0.0293. The molecule has 0 bridgehead atoms. The second-order valence-electron chi connectivity index (χ2n) is 5.82. The van der Waals surface area contributed by atoms with Gasteiger partial charge >= 0.3 is 0 Å². The van der Waals surface area contributed by atoms with E-state index in [1.54, 1.807) is 0 Å². The molecule has 1 amide bonds. The van der Waals surface area contributed by atoms with Gasteiger partial charge in [0.2, 0.25) is 5.91 Å². The van der Waals surface area contributed by atoms with Gasteiger partial charge in [-0.3, -0.25) is 4.79 Å². The van der Waals surface area contributed by atoms with E-state index in [4.69, 9.17) is 5.73 Å². The topological polar surface area (TPSA) is 58.4 Å². The Kier molecular flexibility index (Phi) is 5.01. The number of para-hydroxylation sites is 2. The second-order valence-corrected chi connectivity index (χ2v) is 5.82. The van der Waals surface area contributed by atoms with Crippen molar-refractivity contribution in [2.24, 2.45) is 11.7 Å². The van der Waals surface area contributed by atoms with Crippen molar-refractivity contribution in [3.8, 4) is 0 Å². The van der Waals surface area contributed by atoms with Gasteiger partial charge in [0.05, 0.1) is 17.4 Å². The predicted molar refractivity (Wildman–Crippen MR) is 83.9 cm³/mol. The second kappa shape index (κ2) is 6.75. The fourth-order valence-electron chi connectivity index (χ4n) is 2.51. The van der Waals surface area contributed by atoms with E-state index in [-0.39, 0.29) is 11.8 Å². The van der Waals surface area contributed by atoms with Crippen molar-refractivity contribution >= 4 is 17.3 Å². The van der Waals surface area contributed by atoms with Gasteiger partial charge in [-0.2, -0.15) is 0 Å². The van der Waals surface area contributed by atoms with Gasteiger partial charge in [0.25, 0.3) is 0 Å². The Labute approximate surface area is 121 Å². The van der Waals surface area contributed by atoms with Gasteiger partial charge in [0.15, 0.2) is 0 Å². The van der Waals surface area contributed by atoms with Crippen LogP contribution in [0.15, 0.2) is 24.3 Å². The molecular formula is C16H25N3O. The lowest BCUT2D eigenvalue weighted by Crippen LogP contribution is -2.40. The van der Waals surface area contributed by atoms with Gasteiger partial charge in [0.1, 0.15) is 0 Å². The van der Waals surface area contributed by atoms with Crippen molar-refractivity contribution in [3.05, 3.63) is 24.3 Å². The van der Waals surface area contributed by atoms with Crippen molar-refractivity contribution in [2.45, 2.75) is 39.2 Å². The molecule has 1 heterocycles. The lowest BCUT2D eigenvalue weighted by Gasteiger charge is -2.30. The molecule has 1 aromatic rings. The highest BCUT2D eigenvalue weighted by Gasteiger charge is 2.20. The molecule has 4 heteroatoms. The van der Waals surface area contributed by atoms with Crippen molar-refractivity contribution < 1.29 is 4.79 Å². The van der Waals surface area contributed by atoms with Gasteiger partial charge in [-0.05, 0) is 37.3 Å². The Balaban J connectivity index is 2.13. The molecule has 20 heavy (non-hydrogen) atoms. The molecule has 1 atom stereocenters. The number of hydrogen-bond donors (Lipinski definition) is 2. The number of amides is 1. The average molecular weight is 275 g/mol. The van der Waals surface area contributed by atoms with Gasteiger partial charge in [0, 0.05) is 13.1 Å². The van der Waals surface area contributed by atoms with Crippen LogP contribution in [0.5, 0.6) is 0 Å². The van der Waals surface area contributed by atoms with Crippen LogP contribution >= 0.6 is 0 Å². The molecule has 0 radical (unpaired) electrons. The molecular weight excluding hydrogens is 250 g/mol. The molecule has 0 aromatic heterocycles. The van der Waals surface area contributed by atoms with Crippen molar-refractivity contribution in [2.75, 3.05) is 23.3 Å². The van der Waals surface area contributed by atoms with Crippen LogP contribution < -0.4 is 16.0 Å². The van der Waals surface area contributed by atoms with E-state index in [9.17, 15) is 4.79 Å². The lowest BCUT2D eigenvalue weighted by molar-refractivity contribution is -0.118. The maximum absolute atomic E-state index is 12.1. The van der Waals surface area contributed by atoms with Crippen LogP contribution in [0.25, 0.3) is 0 Å². The minimum Gasteiger partial charge on any atom is -0.370 e. The average Bonchev–Trinajstić information content (AvgIpc) is 2.47. The largest absolute Gasteiger partial charge is 0.370 e. The fraction of sp³-hybridized carbons (Fsp3) is 0.562. The maximum atomic E-state index is 12.1. The van der Waals surface area contributed by atoms with Crippen molar-refractivity contribution in [3.63, 3.8) is 0 Å². The lowest BCUT2D eigenvalue weighted by atomic mass is 10.0. The number of carbonyl (C=O) groups excluding carboxylic acids is 1. The van der Waals surface area contributed by atoms with Crippen LogP contribution in [-0.2, 0) is 4.79 Å². The van der Waals surface area contributed by atoms with Gasteiger partial charge < -0.3 is 16.0 Å². The molecule has 1 aromatic carbocycles. The maximum Gasteiger partial charge on any atom is 0.241 e. The number of hydrogen-bond acceptors (Lipinski definition) is 3. The van der Waals surface area contributed by atoms with Gasteiger partial charge in [-0.1, -0.05) is 26.0 Å². The fourth-order valence-corrected chi connectivity index (χ4v) is 2.51. The number of anilines is 2. The first kappa shape index (κ1) is 14.9. The van der Waals surface area contributed by atoms with E-state index in [1.165, 1.54) is 19.3 Å². The smallest absolute Gasteiger partial charge is 0.241 e. The standard InChI is InChI=1S/C16H25N3O/c1-12(2)15(17)16(20)18-13-8-4-5-9-14(13)19-10-6-3-7-11-19/h4-5,8-9,12,15H,3,6-7,10-11,17H2,1-2H3,(H,18,20)/t15-/m0/s1. The summed E-state index contributed by atoms with van der Waals surface area (Å²) in [7, 11) is 0. The van der Waals surface area contributed by atoms with Crippen molar-refractivity contribution in [1.29, 1.82) is 0 Å². The third kappa shape index (κ3) is 3.51. The Hall–Kier alpha value is -1.55. The molecule has 1 saturated heterocycles. The zero-order valence-corrected chi connectivity index (χ0v) is 12.4. The SMILES string of the molecule is CC(C)[C@H](N)C(=O)Nc1ccccc1N1CCCCC1. The van der Waals surface area contributed by atoms with Crippen LogP contribution in [-0.4, -0.2) is 25.0 Å². The Morgan fingerprint density at radius 1 is 1.20 bits per heavy atom.